The maximum Gasteiger partial charge on any atom is 0.266 e. The number of amides is 1. The highest BCUT2D eigenvalue weighted by atomic mass is 79.9. The van der Waals surface area contributed by atoms with Crippen molar-refractivity contribution in [3.8, 4) is 23.3 Å². The minimum absolute atomic E-state index is 0.0195. The average molecular weight is 544 g/mol. The molecule has 0 radical (unpaired) electrons. The molecule has 1 amide bonds. The molecule has 2 aromatic carbocycles. The van der Waals surface area contributed by atoms with E-state index in [9.17, 15) is 10.1 Å². The number of hydrogen-bond acceptors (Lipinski definition) is 5. The highest BCUT2D eigenvalue weighted by molar-refractivity contribution is 9.10. The minimum atomic E-state index is -0.492. The Morgan fingerprint density at radius 1 is 0.971 bits per heavy atom. The number of benzene rings is 2. The molecule has 0 spiro atoms. The summed E-state index contributed by atoms with van der Waals surface area (Å²) in [6.07, 6.45) is 8.64. The second kappa shape index (κ2) is 15.8. The predicted octanol–water partition coefficient (Wildman–Crippen LogP) is 7.53. The molecule has 0 fully saturated rings. The number of rotatable bonds is 15. The van der Waals surface area contributed by atoms with Gasteiger partial charge in [0.1, 0.15) is 17.4 Å². The molecule has 0 aliphatic heterocycles. The summed E-state index contributed by atoms with van der Waals surface area (Å²) in [6.45, 7) is 7.66. The molecule has 0 aliphatic rings. The second-order valence-electron chi connectivity index (χ2n) is 7.96. The summed E-state index contributed by atoms with van der Waals surface area (Å²) in [5, 5.41) is 12.3. The van der Waals surface area contributed by atoms with Gasteiger partial charge in [-0.2, -0.15) is 5.26 Å². The summed E-state index contributed by atoms with van der Waals surface area (Å²) >= 11 is 3.56. The number of ether oxygens (including phenoxy) is 3. The van der Waals surface area contributed by atoms with Crippen LogP contribution in [0.1, 0.15) is 64.9 Å². The molecule has 188 valence electrons. The van der Waals surface area contributed by atoms with E-state index in [1.54, 1.807) is 30.3 Å². The fraction of sp³-hybridized carbons (Fsp3) is 0.429. The van der Waals surface area contributed by atoms with Crippen LogP contribution < -0.4 is 19.5 Å². The van der Waals surface area contributed by atoms with E-state index in [1.165, 1.54) is 31.8 Å². The van der Waals surface area contributed by atoms with E-state index in [0.29, 0.717) is 52.8 Å². The third-order valence-corrected chi connectivity index (χ3v) is 5.76. The molecule has 1 N–H and O–H groups in total. The van der Waals surface area contributed by atoms with Crippen LogP contribution in [0.15, 0.2) is 46.4 Å². The Hall–Kier alpha value is -2.98. The van der Waals surface area contributed by atoms with Crippen molar-refractivity contribution < 1.29 is 19.0 Å². The van der Waals surface area contributed by atoms with E-state index in [0.717, 1.165) is 12.8 Å². The number of hydrogen-bond donors (Lipinski definition) is 1. The van der Waals surface area contributed by atoms with E-state index >= 15 is 0 Å². The van der Waals surface area contributed by atoms with Crippen LogP contribution >= 0.6 is 15.9 Å². The van der Waals surface area contributed by atoms with Gasteiger partial charge in [-0.25, -0.2) is 0 Å². The topological polar surface area (TPSA) is 80.6 Å². The molecule has 0 unspecified atom stereocenters. The molecule has 0 saturated carbocycles. The predicted molar refractivity (Wildman–Crippen MR) is 144 cm³/mol. The normalized spacial score (nSPS) is 11.0. The lowest BCUT2D eigenvalue weighted by Crippen LogP contribution is -2.13. The molecular weight excluding hydrogens is 508 g/mol. The van der Waals surface area contributed by atoms with Gasteiger partial charge in [0, 0.05) is 5.69 Å². The highest BCUT2D eigenvalue weighted by Crippen LogP contribution is 2.37. The molecule has 0 bridgehead atoms. The SMILES string of the molecule is CCCCCCCCOc1c(Br)cc(/C=C(\C#N)C(=O)Nc2ccc(OCC)cc2)cc1OCC. The van der Waals surface area contributed by atoms with Gasteiger partial charge in [-0.15, -0.1) is 0 Å². The first kappa shape index (κ1) is 28.3. The Bertz CT molecular complexity index is 1010. The van der Waals surface area contributed by atoms with Crippen LogP contribution in [0.25, 0.3) is 6.08 Å². The number of carbonyl (C=O) groups excluding carboxylic acids is 1. The number of unbranched alkanes of at least 4 members (excludes halogenated alkanes) is 5. The van der Waals surface area contributed by atoms with Crippen molar-refractivity contribution in [2.24, 2.45) is 0 Å². The van der Waals surface area contributed by atoms with Crippen molar-refractivity contribution in [1.82, 2.24) is 0 Å². The molecule has 0 saturated heterocycles. The van der Waals surface area contributed by atoms with Crippen molar-refractivity contribution in [1.29, 1.82) is 5.26 Å². The zero-order valence-electron chi connectivity index (χ0n) is 20.9. The largest absolute Gasteiger partial charge is 0.494 e. The Morgan fingerprint density at radius 3 is 2.31 bits per heavy atom. The quantitative estimate of drug-likeness (QED) is 0.143. The number of anilines is 1. The molecule has 35 heavy (non-hydrogen) atoms. The Balaban J connectivity index is 2.10. The Labute approximate surface area is 217 Å². The Morgan fingerprint density at radius 2 is 1.66 bits per heavy atom. The van der Waals surface area contributed by atoms with E-state index in [-0.39, 0.29) is 5.57 Å². The summed E-state index contributed by atoms with van der Waals surface area (Å²) in [4.78, 5) is 12.7. The zero-order valence-corrected chi connectivity index (χ0v) is 22.4. The van der Waals surface area contributed by atoms with Gasteiger partial charge in [0.2, 0.25) is 0 Å². The molecule has 0 heterocycles. The Kier molecular flexibility index (Phi) is 12.8. The van der Waals surface area contributed by atoms with Crippen molar-refractivity contribution in [2.75, 3.05) is 25.1 Å². The monoisotopic (exact) mass is 542 g/mol. The molecular formula is C28H35BrN2O4. The van der Waals surface area contributed by atoms with Crippen LogP contribution in [0.2, 0.25) is 0 Å². The van der Waals surface area contributed by atoms with Crippen LogP contribution in [0.3, 0.4) is 0 Å². The maximum atomic E-state index is 12.7. The fourth-order valence-corrected chi connectivity index (χ4v) is 4.02. The van der Waals surface area contributed by atoms with Crippen LogP contribution in [0.4, 0.5) is 5.69 Å². The van der Waals surface area contributed by atoms with Crippen molar-refractivity contribution >= 4 is 33.6 Å². The van der Waals surface area contributed by atoms with Gasteiger partial charge in [-0.1, -0.05) is 39.0 Å². The summed E-state index contributed by atoms with van der Waals surface area (Å²) in [5.74, 6) is 1.43. The second-order valence-corrected chi connectivity index (χ2v) is 8.81. The minimum Gasteiger partial charge on any atom is -0.494 e. The fourth-order valence-electron chi connectivity index (χ4n) is 3.45. The van der Waals surface area contributed by atoms with Gasteiger partial charge in [-0.05, 0) is 84.2 Å². The molecule has 0 aromatic heterocycles. The van der Waals surface area contributed by atoms with E-state index in [4.69, 9.17) is 14.2 Å². The molecule has 0 atom stereocenters. The average Bonchev–Trinajstić information content (AvgIpc) is 2.84. The summed E-state index contributed by atoms with van der Waals surface area (Å²) < 4.78 is 17.9. The molecule has 0 aliphatic carbocycles. The number of nitriles is 1. The molecule has 2 aromatic rings. The number of nitrogens with zero attached hydrogens (tertiary/aromatic N) is 1. The number of nitrogens with one attached hydrogen (secondary N) is 1. The highest BCUT2D eigenvalue weighted by Gasteiger charge is 2.14. The molecule has 2 rings (SSSR count). The molecule has 7 heteroatoms. The van der Waals surface area contributed by atoms with Gasteiger partial charge in [0.25, 0.3) is 5.91 Å². The summed E-state index contributed by atoms with van der Waals surface area (Å²) in [6, 6.07) is 12.6. The zero-order chi connectivity index (χ0) is 25.5. The van der Waals surface area contributed by atoms with E-state index in [2.05, 4.69) is 28.2 Å². The smallest absolute Gasteiger partial charge is 0.266 e. The summed E-state index contributed by atoms with van der Waals surface area (Å²) in [7, 11) is 0. The van der Waals surface area contributed by atoms with Crippen molar-refractivity contribution in [3.05, 3.63) is 52.0 Å². The first-order chi connectivity index (χ1) is 17.0. The van der Waals surface area contributed by atoms with Gasteiger partial charge in [-0.3, -0.25) is 4.79 Å². The van der Waals surface area contributed by atoms with Gasteiger partial charge < -0.3 is 19.5 Å². The van der Waals surface area contributed by atoms with Crippen LogP contribution in [0.5, 0.6) is 17.2 Å². The van der Waals surface area contributed by atoms with E-state index in [1.807, 2.05) is 26.0 Å². The number of carbonyl (C=O) groups is 1. The van der Waals surface area contributed by atoms with Crippen LogP contribution in [-0.4, -0.2) is 25.7 Å². The first-order valence-electron chi connectivity index (χ1n) is 12.3. The number of halogens is 1. The lowest BCUT2D eigenvalue weighted by Gasteiger charge is -2.15. The van der Waals surface area contributed by atoms with Crippen molar-refractivity contribution in [3.63, 3.8) is 0 Å². The van der Waals surface area contributed by atoms with Crippen LogP contribution in [-0.2, 0) is 4.79 Å². The van der Waals surface area contributed by atoms with Gasteiger partial charge in [0.15, 0.2) is 11.5 Å². The van der Waals surface area contributed by atoms with Crippen LogP contribution in [0, 0.1) is 11.3 Å². The maximum absolute atomic E-state index is 12.7. The first-order valence-corrected chi connectivity index (χ1v) is 13.1. The van der Waals surface area contributed by atoms with Gasteiger partial charge >= 0.3 is 0 Å². The third kappa shape index (κ3) is 9.65. The molecule has 6 nitrogen and oxygen atoms in total. The third-order valence-electron chi connectivity index (χ3n) is 5.18. The summed E-state index contributed by atoms with van der Waals surface area (Å²) in [5.41, 5.74) is 1.22. The standard InChI is InChI=1S/C28H35BrN2O4/c1-4-7-8-9-10-11-16-35-27-25(29)18-21(19-26(27)34-6-3)17-22(20-30)28(32)31-23-12-14-24(15-13-23)33-5-2/h12-15,17-19H,4-11,16H2,1-3H3,(H,31,32)/b22-17+. The van der Waals surface area contributed by atoms with Gasteiger partial charge in [0.05, 0.1) is 24.3 Å². The van der Waals surface area contributed by atoms with Crippen molar-refractivity contribution in [2.45, 2.75) is 59.3 Å². The lowest BCUT2D eigenvalue weighted by molar-refractivity contribution is -0.112. The lowest BCUT2D eigenvalue weighted by atomic mass is 10.1. The van der Waals surface area contributed by atoms with E-state index < -0.39 is 5.91 Å².